The predicted molar refractivity (Wildman–Crippen MR) is 97.8 cm³/mol. The Labute approximate surface area is 148 Å². The van der Waals surface area contributed by atoms with E-state index in [1.807, 2.05) is 66.7 Å². The van der Waals surface area contributed by atoms with Crippen LogP contribution in [0, 0.1) is 0 Å². The monoisotopic (exact) mass is 382 g/mol. The first-order valence-corrected chi connectivity index (χ1v) is 9.77. The summed E-state index contributed by atoms with van der Waals surface area (Å²) in [6, 6.07) is 22.5. The molecule has 0 fully saturated rings. The molecular formula is C20H18N2OSe. The number of aromatic nitrogens is 1. The Morgan fingerprint density at radius 3 is 2.29 bits per heavy atom. The van der Waals surface area contributed by atoms with Crippen molar-refractivity contribution in [3.8, 4) is 0 Å². The van der Waals surface area contributed by atoms with Crippen LogP contribution in [0.25, 0.3) is 0 Å². The fourth-order valence-electron chi connectivity index (χ4n) is 3.32. The van der Waals surface area contributed by atoms with Crippen LogP contribution in [0.5, 0.6) is 0 Å². The molecule has 0 radical (unpaired) electrons. The van der Waals surface area contributed by atoms with Gasteiger partial charge in [0.05, 0.1) is 0 Å². The molecule has 1 aliphatic rings. The molecule has 2 aromatic carbocycles. The summed E-state index contributed by atoms with van der Waals surface area (Å²) < 4.78 is 2.67. The summed E-state index contributed by atoms with van der Waals surface area (Å²) in [4.78, 5) is 15.5. The molecule has 1 aliphatic heterocycles. The van der Waals surface area contributed by atoms with Crippen LogP contribution in [0.2, 0.25) is 0 Å². The molecular weight excluding hydrogens is 363 g/mol. The number of amides is 1. The molecule has 4 rings (SSSR count). The molecule has 0 N–H and O–H groups in total. The Hall–Kier alpha value is -2.29. The number of rotatable bonds is 4. The van der Waals surface area contributed by atoms with E-state index in [4.69, 9.17) is 0 Å². The summed E-state index contributed by atoms with van der Waals surface area (Å²) in [6.07, 6.45) is 4.02. The van der Waals surface area contributed by atoms with E-state index in [1.54, 1.807) is 0 Å². The Morgan fingerprint density at radius 2 is 1.58 bits per heavy atom. The van der Waals surface area contributed by atoms with Crippen molar-refractivity contribution in [2.75, 3.05) is 11.4 Å². The van der Waals surface area contributed by atoms with E-state index in [-0.39, 0.29) is 20.9 Å². The van der Waals surface area contributed by atoms with Crippen molar-refractivity contribution < 1.29 is 4.79 Å². The van der Waals surface area contributed by atoms with Gasteiger partial charge in [0.25, 0.3) is 0 Å². The number of para-hydroxylation sites is 1. The molecule has 0 saturated heterocycles. The summed E-state index contributed by atoms with van der Waals surface area (Å²) in [5.74, 6) is 0.172. The Kier molecular flexibility index (Phi) is 3.79. The summed E-state index contributed by atoms with van der Waals surface area (Å²) in [6.45, 7) is 2.72. The number of hydrogen-bond donors (Lipinski definition) is 0. The minimum absolute atomic E-state index is 0.0651. The third-order valence-electron chi connectivity index (χ3n) is 4.39. The van der Waals surface area contributed by atoms with Gasteiger partial charge in [-0.2, -0.15) is 0 Å². The summed E-state index contributed by atoms with van der Waals surface area (Å²) in [5, 5.41) is 0. The molecule has 0 saturated carbocycles. The molecule has 24 heavy (non-hydrogen) atoms. The van der Waals surface area contributed by atoms with Crippen molar-refractivity contribution in [2.45, 2.75) is 11.4 Å². The molecule has 1 atom stereocenters. The van der Waals surface area contributed by atoms with E-state index in [0.717, 1.165) is 11.3 Å². The zero-order valence-corrected chi connectivity index (χ0v) is 15.1. The SMILES string of the molecule is CCN1C(=O)C([Se]c2ccccc2)(n2cccc2)c2ccccc21. The van der Waals surface area contributed by atoms with Gasteiger partial charge in [-0.15, -0.1) is 0 Å². The van der Waals surface area contributed by atoms with Gasteiger partial charge in [0.2, 0.25) is 0 Å². The fourth-order valence-corrected chi connectivity index (χ4v) is 6.14. The van der Waals surface area contributed by atoms with E-state index in [0.29, 0.717) is 6.54 Å². The third kappa shape index (κ3) is 2.15. The quantitative estimate of drug-likeness (QED) is 0.638. The first-order chi connectivity index (χ1) is 11.8. The number of likely N-dealkylation sites (N-methyl/N-ethyl adjacent to an activating group) is 1. The van der Waals surface area contributed by atoms with E-state index in [2.05, 4.69) is 28.8 Å². The van der Waals surface area contributed by atoms with Crippen LogP contribution < -0.4 is 9.36 Å². The average Bonchev–Trinajstić information content (AvgIpc) is 3.23. The molecule has 0 bridgehead atoms. The molecule has 3 nitrogen and oxygen atoms in total. The molecule has 2 heterocycles. The Balaban J connectivity index is 1.96. The van der Waals surface area contributed by atoms with Crippen molar-refractivity contribution in [1.29, 1.82) is 0 Å². The van der Waals surface area contributed by atoms with E-state index in [1.165, 1.54) is 4.46 Å². The second-order valence-electron chi connectivity index (χ2n) is 5.72. The second-order valence-corrected chi connectivity index (χ2v) is 8.37. The molecule has 3 aromatic rings. The van der Waals surface area contributed by atoms with Crippen molar-refractivity contribution >= 4 is 31.0 Å². The number of fused-ring (bicyclic) bond motifs is 1. The van der Waals surface area contributed by atoms with Crippen molar-refractivity contribution in [3.05, 3.63) is 84.7 Å². The van der Waals surface area contributed by atoms with Crippen LogP contribution in [-0.4, -0.2) is 32.0 Å². The molecule has 0 spiro atoms. The maximum absolute atomic E-state index is 13.5. The number of benzene rings is 2. The van der Waals surface area contributed by atoms with Crippen LogP contribution in [0.4, 0.5) is 5.69 Å². The first-order valence-electron chi connectivity index (χ1n) is 8.06. The molecule has 120 valence electrons. The van der Waals surface area contributed by atoms with Gasteiger partial charge in [-0.1, -0.05) is 0 Å². The van der Waals surface area contributed by atoms with E-state index in [9.17, 15) is 4.79 Å². The molecule has 4 heteroatoms. The zero-order chi connectivity index (χ0) is 16.6. The standard InChI is InChI=1S/C20H18N2OSe/c1-2-22-18-13-7-6-12-17(18)20(19(22)23,21-14-8-9-15-21)24-16-10-4-3-5-11-16/h3-15H,2H2,1H3. The number of nitrogens with zero attached hydrogens (tertiary/aromatic N) is 2. The fraction of sp³-hybridized carbons (Fsp3) is 0.150. The summed E-state index contributed by atoms with van der Waals surface area (Å²) in [5.41, 5.74) is 2.15. The number of anilines is 1. The van der Waals surface area contributed by atoms with E-state index < -0.39 is 4.44 Å². The molecule has 1 aromatic heterocycles. The van der Waals surface area contributed by atoms with Crippen molar-refractivity contribution in [1.82, 2.24) is 4.57 Å². The Morgan fingerprint density at radius 1 is 0.917 bits per heavy atom. The van der Waals surface area contributed by atoms with Gasteiger partial charge in [-0.3, -0.25) is 0 Å². The van der Waals surface area contributed by atoms with Crippen LogP contribution in [0.3, 0.4) is 0 Å². The Bertz CT molecular complexity index is 860. The van der Waals surface area contributed by atoms with Gasteiger partial charge < -0.3 is 0 Å². The number of carbonyl (C=O) groups is 1. The van der Waals surface area contributed by atoms with Gasteiger partial charge in [-0.25, -0.2) is 0 Å². The molecule has 1 amide bonds. The predicted octanol–water partition coefficient (Wildman–Crippen LogP) is 2.59. The van der Waals surface area contributed by atoms with Crippen molar-refractivity contribution in [3.63, 3.8) is 0 Å². The summed E-state index contributed by atoms with van der Waals surface area (Å²) >= 11 is -0.0651. The number of carbonyl (C=O) groups excluding carboxylic acids is 1. The van der Waals surface area contributed by atoms with Crippen LogP contribution in [0.1, 0.15) is 12.5 Å². The van der Waals surface area contributed by atoms with Gasteiger partial charge in [0.15, 0.2) is 0 Å². The van der Waals surface area contributed by atoms with Crippen molar-refractivity contribution in [2.24, 2.45) is 0 Å². The minimum atomic E-state index is -0.648. The molecule has 1 unspecified atom stereocenters. The average molecular weight is 381 g/mol. The maximum atomic E-state index is 13.5. The third-order valence-corrected chi connectivity index (χ3v) is 7.34. The van der Waals surface area contributed by atoms with Gasteiger partial charge in [0, 0.05) is 0 Å². The van der Waals surface area contributed by atoms with Crippen LogP contribution in [0.15, 0.2) is 79.1 Å². The van der Waals surface area contributed by atoms with E-state index >= 15 is 0 Å². The second kappa shape index (κ2) is 5.97. The van der Waals surface area contributed by atoms with Gasteiger partial charge in [0.1, 0.15) is 0 Å². The number of hydrogen-bond acceptors (Lipinski definition) is 1. The van der Waals surface area contributed by atoms with Gasteiger partial charge >= 0.3 is 148 Å². The normalized spacial score (nSPS) is 19.5. The van der Waals surface area contributed by atoms with Gasteiger partial charge in [-0.05, 0) is 0 Å². The first kappa shape index (κ1) is 15.2. The topological polar surface area (TPSA) is 25.2 Å². The molecule has 0 aliphatic carbocycles. The zero-order valence-electron chi connectivity index (χ0n) is 13.4. The summed E-state index contributed by atoms with van der Waals surface area (Å²) in [7, 11) is 0. The van der Waals surface area contributed by atoms with Crippen LogP contribution in [-0.2, 0) is 9.23 Å². The van der Waals surface area contributed by atoms with Crippen LogP contribution >= 0.6 is 0 Å².